The van der Waals surface area contributed by atoms with Crippen LogP contribution >= 0.6 is 0 Å². The maximum atomic E-state index is 13.7. The van der Waals surface area contributed by atoms with E-state index in [0.717, 1.165) is 10.6 Å². The summed E-state index contributed by atoms with van der Waals surface area (Å²) in [7, 11) is 1.17. The van der Waals surface area contributed by atoms with Gasteiger partial charge in [0.15, 0.2) is 5.78 Å². The molecular weight excluding hydrogens is 456 g/mol. The monoisotopic (exact) mass is 474 g/mol. The topological polar surface area (TPSA) is 78.9 Å². The normalized spacial score (nSPS) is 11.9. The van der Waals surface area contributed by atoms with E-state index in [-0.39, 0.29) is 10.9 Å². The van der Waals surface area contributed by atoms with Gasteiger partial charge in [0.25, 0.3) is 5.56 Å². The van der Waals surface area contributed by atoms with Crippen molar-refractivity contribution in [2.24, 2.45) is 7.05 Å². The van der Waals surface area contributed by atoms with Crippen LogP contribution in [0.1, 0.15) is 27.4 Å². The highest BCUT2D eigenvalue weighted by molar-refractivity contribution is 5.97. The molecule has 0 bridgehead atoms. The summed E-state index contributed by atoms with van der Waals surface area (Å²) in [6.45, 7) is 2.74. The molecule has 3 heterocycles. The number of hydrogen-bond acceptors (Lipinski definition) is 4. The van der Waals surface area contributed by atoms with Gasteiger partial charge in [0.2, 0.25) is 0 Å². The number of ketones is 1. The lowest BCUT2D eigenvalue weighted by atomic mass is 10.1. The summed E-state index contributed by atoms with van der Waals surface area (Å²) in [6, 6.07) is 8.94. The highest BCUT2D eigenvalue weighted by atomic mass is 19.4. The van der Waals surface area contributed by atoms with Crippen LogP contribution < -0.4 is 11.2 Å². The minimum absolute atomic E-state index is 0.223. The van der Waals surface area contributed by atoms with Crippen molar-refractivity contribution in [1.82, 2.24) is 18.7 Å². The van der Waals surface area contributed by atoms with Gasteiger partial charge in [-0.25, -0.2) is 14.2 Å². The van der Waals surface area contributed by atoms with Gasteiger partial charge in [0, 0.05) is 29.7 Å². The molecule has 3 aromatic heterocycles. The van der Waals surface area contributed by atoms with E-state index in [2.05, 4.69) is 4.98 Å². The fraction of sp³-hybridized carbons (Fsp3) is 0.217. The molecule has 4 aromatic rings. The Balaban J connectivity index is 1.78. The number of aromatic nitrogens is 4. The second-order valence-corrected chi connectivity index (χ2v) is 7.82. The molecule has 0 amide bonds. The van der Waals surface area contributed by atoms with Crippen LogP contribution in [-0.4, -0.2) is 24.5 Å². The predicted molar refractivity (Wildman–Crippen MR) is 116 cm³/mol. The first-order chi connectivity index (χ1) is 15.9. The highest BCUT2D eigenvalue weighted by Gasteiger charge is 2.33. The molecule has 11 heteroatoms. The van der Waals surface area contributed by atoms with Gasteiger partial charge >= 0.3 is 11.9 Å². The number of fused-ring (bicyclic) bond motifs is 1. The Bertz CT molecular complexity index is 1580. The standard InChI is InChI=1S/C23H18F4N4O3/c1-12-9-17(13(2)31(12)15-6-4-5-14(24)10-15)18(32)11-30-21(33)16-7-8-19(23(25,26)27)28-20(16)29(3)22(30)34/h4-10H,11H2,1-3H3. The van der Waals surface area contributed by atoms with Gasteiger partial charge in [-0.3, -0.25) is 18.7 Å². The predicted octanol–water partition coefficient (Wildman–Crippen LogP) is 3.54. The van der Waals surface area contributed by atoms with Crippen molar-refractivity contribution < 1.29 is 22.4 Å². The van der Waals surface area contributed by atoms with Crippen molar-refractivity contribution in [3.63, 3.8) is 0 Å². The Kier molecular flexibility index (Phi) is 5.50. The molecule has 0 atom stereocenters. The van der Waals surface area contributed by atoms with Gasteiger partial charge in [-0.1, -0.05) is 6.07 Å². The van der Waals surface area contributed by atoms with Crippen LogP contribution in [-0.2, 0) is 19.8 Å². The van der Waals surface area contributed by atoms with E-state index in [0.29, 0.717) is 27.7 Å². The largest absolute Gasteiger partial charge is 0.433 e. The van der Waals surface area contributed by atoms with Crippen LogP contribution in [0.5, 0.6) is 0 Å². The van der Waals surface area contributed by atoms with E-state index in [1.165, 1.54) is 25.2 Å². The Morgan fingerprint density at radius 2 is 1.76 bits per heavy atom. The van der Waals surface area contributed by atoms with Gasteiger partial charge in [-0.05, 0) is 50.2 Å². The molecule has 0 saturated heterocycles. The zero-order valence-electron chi connectivity index (χ0n) is 18.3. The van der Waals surface area contributed by atoms with Crippen molar-refractivity contribution in [3.05, 3.63) is 91.8 Å². The van der Waals surface area contributed by atoms with Crippen LogP contribution in [0, 0.1) is 19.7 Å². The third-order valence-electron chi connectivity index (χ3n) is 5.58. The number of hydrogen-bond donors (Lipinski definition) is 0. The molecule has 176 valence electrons. The molecule has 34 heavy (non-hydrogen) atoms. The molecule has 1 aromatic carbocycles. The zero-order valence-corrected chi connectivity index (χ0v) is 18.3. The van der Waals surface area contributed by atoms with Crippen LogP contribution in [0.3, 0.4) is 0 Å². The van der Waals surface area contributed by atoms with Gasteiger partial charge in [0.1, 0.15) is 17.2 Å². The number of nitrogens with zero attached hydrogens (tertiary/aromatic N) is 4. The van der Waals surface area contributed by atoms with Gasteiger partial charge < -0.3 is 4.57 Å². The highest BCUT2D eigenvalue weighted by Crippen LogP contribution is 2.28. The molecule has 0 aliphatic carbocycles. The summed E-state index contributed by atoms with van der Waals surface area (Å²) >= 11 is 0. The van der Waals surface area contributed by atoms with Crippen molar-refractivity contribution in [1.29, 1.82) is 0 Å². The molecule has 0 N–H and O–H groups in total. The minimum atomic E-state index is -4.75. The molecule has 0 aliphatic heterocycles. The minimum Gasteiger partial charge on any atom is -0.318 e. The average molecular weight is 474 g/mol. The molecule has 0 saturated carbocycles. The number of halogens is 4. The summed E-state index contributed by atoms with van der Waals surface area (Å²) in [4.78, 5) is 42.1. The molecule has 4 rings (SSSR count). The van der Waals surface area contributed by atoms with Crippen LogP contribution in [0.15, 0.2) is 52.1 Å². The van der Waals surface area contributed by atoms with Crippen molar-refractivity contribution >= 4 is 16.8 Å². The third-order valence-corrected chi connectivity index (χ3v) is 5.58. The molecule has 0 unspecified atom stereocenters. The number of pyridine rings is 1. The van der Waals surface area contributed by atoms with E-state index in [9.17, 15) is 31.9 Å². The summed E-state index contributed by atoms with van der Waals surface area (Å²) in [5.74, 6) is -1.01. The maximum Gasteiger partial charge on any atom is 0.433 e. The number of Topliss-reactive ketones (excluding diaryl/α,β-unsaturated/α-hetero) is 1. The summed E-state index contributed by atoms with van der Waals surface area (Å²) in [6.07, 6.45) is -4.75. The van der Waals surface area contributed by atoms with E-state index in [4.69, 9.17) is 0 Å². The Morgan fingerprint density at radius 1 is 1.06 bits per heavy atom. The smallest absolute Gasteiger partial charge is 0.318 e. The number of alkyl halides is 3. The summed E-state index contributed by atoms with van der Waals surface area (Å²) < 4.78 is 55.8. The fourth-order valence-corrected chi connectivity index (χ4v) is 3.96. The number of carbonyl (C=O) groups is 1. The number of rotatable bonds is 4. The van der Waals surface area contributed by atoms with Crippen molar-refractivity contribution in [2.75, 3.05) is 0 Å². The Hall–Kier alpha value is -4.02. The first-order valence-corrected chi connectivity index (χ1v) is 10.1. The molecule has 0 spiro atoms. The van der Waals surface area contributed by atoms with Crippen LogP contribution in [0.25, 0.3) is 16.7 Å². The van der Waals surface area contributed by atoms with Crippen LogP contribution in [0.4, 0.5) is 17.6 Å². The molecular formula is C23H18F4N4O3. The SMILES string of the molecule is Cc1cc(C(=O)Cn2c(=O)c3ccc(C(F)(F)F)nc3n(C)c2=O)c(C)n1-c1cccc(F)c1. The second kappa shape index (κ2) is 8.08. The second-order valence-electron chi connectivity index (χ2n) is 7.82. The Labute approximate surface area is 189 Å². The zero-order chi connectivity index (χ0) is 24.9. The Morgan fingerprint density at radius 3 is 2.41 bits per heavy atom. The summed E-state index contributed by atoms with van der Waals surface area (Å²) in [5, 5.41) is -0.229. The van der Waals surface area contributed by atoms with E-state index >= 15 is 0 Å². The summed E-state index contributed by atoms with van der Waals surface area (Å²) in [5.41, 5.74) is -1.74. The lowest BCUT2D eigenvalue weighted by molar-refractivity contribution is -0.141. The van der Waals surface area contributed by atoms with E-state index in [1.807, 2.05) is 0 Å². The van der Waals surface area contributed by atoms with Crippen molar-refractivity contribution in [2.45, 2.75) is 26.6 Å². The van der Waals surface area contributed by atoms with Gasteiger partial charge in [-0.15, -0.1) is 0 Å². The first kappa shape index (κ1) is 23.1. The van der Waals surface area contributed by atoms with E-state index in [1.54, 1.807) is 30.5 Å². The fourth-order valence-electron chi connectivity index (χ4n) is 3.96. The van der Waals surface area contributed by atoms with Crippen LogP contribution in [0.2, 0.25) is 0 Å². The maximum absolute atomic E-state index is 13.7. The molecule has 7 nitrogen and oxygen atoms in total. The number of aryl methyl sites for hydroxylation is 2. The lowest BCUT2D eigenvalue weighted by Crippen LogP contribution is -2.41. The lowest BCUT2D eigenvalue weighted by Gasteiger charge is -2.12. The van der Waals surface area contributed by atoms with Crippen molar-refractivity contribution in [3.8, 4) is 5.69 Å². The van der Waals surface area contributed by atoms with E-state index < -0.39 is 46.9 Å². The average Bonchev–Trinajstić information content (AvgIpc) is 3.08. The van der Waals surface area contributed by atoms with Gasteiger partial charge in [0.05, 0.1) is 11.9 Å². The van der Waals surface area contributed by atoms with Gasteiger partial charge in [-0.2, -0.15) is 13.2 Å². The third kappa shape index (κ3) is 3.82. The number of benzene rings is 1. The first-order valence-electron chi connectivity index (χ1n) is 10.1. The molecule has 0 aliphatic rings. The molecule has 0 fully saturated rings. The number of carbonyl (C=O) groups excluding carboxylic acids is 1. The quantitative estimate of drug-likeness (QED) is 0.335. The molecule has 0 radical (unpaired) electrons.